The van der Waals surface area contributed by atoms with Crippen LogP contribution in [-0.4, -0.2) is 23.8 Å². The number of phenols is 1. The van der Waals surface area contributed by atoms with Crippen molar-refractivity contribution in [1.29, 1.82) is 0 Å². The number of hydrogen-bond donors (Lipinski definition) is 2. The van der Waals surface area contributed by atoms with Crippen LogP contribution in [0.3, 0.4) is 0 Å². The smallest absolute Gasteiger partial charge is 0.244 e. The third-order valence-electron chi connectivity index (χ3n) is 3.12. The Morgan fingerprint density at radius 1 is 1.29 bits per heavy atom. The summed E-state index contributed by atoms with van der Waals surface area (Å²) in [4.78, 5) is 11.8. The van der Waals surface area contributed by atoms with Gasteiger partial charge in [-0.15, -0.1) is 0 Å². The Balaban J connectivity index is 1.87. The van der Waals surface area contributed by atoms with E-state index in [4.69, 9.17) is 16.3 Å². The predicted octanol–water partition coefficient (Wildman–Crippen LogP) is 3.53. The summed E-state index contributed by atoms with van der Waals surface area (Å²) in [5, 5.41) is 13.6. The molecule has 0 bridgehead atoms. The van der Waals surface area contributed by atoms with Gasteiger partial charge >= 0.3 is 0 Å². The molecule has 24 heavy (non-hydrogen) atoms. The molecule has 0 radical (unpaired) electrons. The minimum atomic E-state index is -0.245. The Labute approximate surface area is 145 Å². The average Bonchev–Trinajstić information content (AvgIpc) is 2.56. The fraction of sp³-hybridized carbons (Fsp3) is 0.222. The summed E-state index contributed by atoms with van der Waals surface area (Å²) in [5.74, 6) is 0.554. The van der Waals surface area contributed by atoms with Gasteiger partial charge in [0, 0.05) is 0 Å². The molecule has 6 heteroatoms. The van der Waals surface area contributed by atoms with E-state index in [1.54, 1.807) is 24.3 Å². The van der Waals surface area contributed by atoms with Crippen LogP contribution in [0.5, 0.6) is 11.5 Å². The van der Waals surface area contributed by atoms with Crippen LogP contribution in [0.25, 0.3) is 0 Å². The van der Waals surface area contributed by atoms with Gasteiger partial charge in [0.15, 0.2) is 0 Å². The summed E-state index contributed by atoms with van der Waals surface area (Å²) < 4.78 is 5.49. The molecule has 0 saturated heterocycles. The van der Waals surface area contributed by atoms with Gasteiger partial charge in [0.05, 0.1) is 24.3 Å². The highest BCUT2D eigenvalue weighted by Gasteiger charge is 2.03. The van der Waals surface area contributed by atoms with Crippen molar-refractivity contribution in [1.82, 2.24) is 5.43 Å². The number of hydrazone groups is 1. The molecule has 0 aliphatic heterocycles. The van der Waals surface area contributed by atoms with Crippen LogP contribution >= 0.6 is 11.6 Å². The zero-order chi connectivity index (χ0) is 17.4. The normalized spacial score (nSPS) is 10.8. The maximum atomic E-state index is 11.8. The van der Waals surface area contributed by atoms with Crippen molar-refractivity contribution < 1.29 is 14.6 Å². The fourth-order valence-corrected chi connectivity index (χ4v) is 2.19. The van der Waals surface area contributed by atoms with Gasteiger partial charge in [0.25, 0.3) is 0 Å². The summed E-state index contributed by atoms with van der Waals surface area (Å²) in [6.45, 7) is 2.64. The van der Waals surface area contributed by atoms with Crippen molar-refractivity contribution in [3.63, 3.8) is 0 Å². The number of carbonyl (C=O) groups excluding carboxylic acids is 1. The first-order valence-electron chi connectivity index (χ1n) is 7.60. The molecule has 0 aliphatic rings. The molecule has 0 heterocycles. The standard InChI is InChI=1S/C18H19ClN2O3/c1-2-9-24-17-8-5-14(10-16(17)19)12-20-21-18(23)11-13-3-6-15(22)7-4-13/h3-8,10,12,22H,2,9,11H2,1H3,(H,21,23)/b20-12-. The van der Waals surface area contributed by atoms with Gasteiger partial charge in [-0.1, -0.05) is 30.7 Å². The largest absolute Gasteiger partial charge is 0.508 e. The number of ether oxygens (including phenoxy) is 1. The quantitative estimate of drug-likeness (QED) is 0.595. The molecule has 0 aliphatic carbocycles. The topological polar surface area (TPSA) is 70.9 Å². The van der Waals surface area contributed by atoms with Crippen LogP contribution in [-0.2, 0) is 11.2 Å². The minimum Gasteiger partial charge on any atom is -0.508 e. The highest BCUT2D eigenvalue weighted by Crippen LogP contribution is 2.25. The van der Waals surface area contributed by atoms with Crippen LogP contribution < -0.4 is 10.2 Å². The van der Waals surface area contributed by atoms with E-state index in [0.717, 1.165) is 17.5 Å². The molecule has 1 amide bonds. The third kappa shape index (κ3) is 5.59. The lowest BCUT2D eigenvalue weighted by Gasteiger charge is -2.06. The van der Waals surface area contributed by atoms with Gasteiger partial charge < -0.3 is 9.84 Å². The molecular weight excluding hydrogens is 328 g/mol. The first-order valence-corrected chi connectivity index (χ1v) is 7.98. The number of carbonyl (C=O) groups is 1. The Morgan fingerprint density at radius 3 is 2.71 bits per heavy atom. The Bertz CT molecular complexity index is 715. The number of nitrogens with zero attached hydrogens (tertiary/aromatic N) is 1. The lowest BCUT2D eigenvalue weighted by atomic mass is 10.1. The molecule has 0 fully saturated rings. The first kappa shape index (κ1) is 17.8. The summed E-state index contributed by atoms with van der Waals surface area (Å²) in [5.41, 5.74) is 4.01. The zero-order valence-electron chi connectivity index (χ0n) is 13.3. The van der Waals surface area contributed by atoms with Crippen LogP contribution in [0.1, 0.15) is 24.5 Å². The maximum absolute atomic E-state index is 11.8. The van der Waals surface area contributed by atoms with Crippen molar-refractivity contribution in [2.75, 3.05) is 6.61 Å². The van der Waals surface area contributed by atoms with Crippen LogP contribution in [0.15, 0.2) is 47.6 Å². The number of benzene rings is 2. The molecule has 126 valence electrons. The fourth-order valence-electron chi connectivity index (χ4n) is 1.94. The van der Waals surface area contributed by atoms with Gasteiger partial charge in [0.2, 0.25) is 5.91 Å². The molecule has 0 unspecified atom stereocenters. The monoisotopic (exact) mass is 346 g/mol. The van der Waals surface area contributed by atoms with Crippen molar-refractivity contribution in [2.24, 2.45) is 5.10 Å². The maximum Gasteiger partial charge on any atom is 0.244 e. The number of phenolic OH excluding ortho intramolecular Hbond substituents is 1. The van der Waals surface area contributed by atoms with Crippen molar-refractivity contribution in [2.45, 2.75) is 19.8 Å². The highest BCUT2D eigenvalue weighted by molar-refractivity contribution is 6.32. The summed E-state index contributed by atoms with van der Waals surface area (Å²) in [6.07, 6.45) is 2.61. The number of halogens is 1. The van der Waals surface area contributed by atoms with E-state index in [2.05, 4.69) is 10.5 Å². The molecule has 2 N–H and O–H groups in total. The third-order valence-corrected chi connectivity index (χ3v) is 3.42. The summed E-state index contributed by atoms with van der Waals surface area (Å²) in [6, 6.07) is 11.8. The predicted molar refractivity (Wildman–Crippen MR) is 94.8 cm³/mol. The second-order valence-corrected chi connectivity index (χ2v) is 5.58. The molecular formula is C18H19ClN2O3. The lowest BCUT2D eigenvalue weighted by Crippen LogP contribution is -2.19. The molecule has 2 aromatic carbocycles. The lowest BCUT2D eigenvalue weighted by molar-refractivity contribution is -0.120. The van der Waals surface area contributed by atoms with Crippen LogP contribution in [0.4, 0.5) is 0 Å². The SMILES string of the molecule is CCCOc1ccc(/C=N\NC(=O)Cc2ccc(O)cc2)cc1Cl. The second-order valence-electron chi connectivity index (χ2n) is 5.17. The number of hydrogen-bond acceptors (Lipinski definition) is 4. The molecule has 0 aromatic heterocycles. The summed E-state index contributed by atoms with van der Waals surface area (Å²) >= 11 is 6.13. The van der Waals surface area contributed by atoms with E-state index >= 15 is 0 Å². The van der Waals surface area contributed by atoms with E-state index < -0.39 is 0 Å². The van der Waals surface area contributed by atoms with Gasteiger partial charge in [-0.05, 0) is 47.9 Å². The number of nitrogens with one attached hydrogen (secondary N) is 1. The molecule has 5 nitrogen and oxygen atoms in total. The molecule has 0 atom stereocenters. The van der Waals surface area contributed by atoms with E-state index in [1.807, 2.05) is 13.0 Å². The van der Waals surface area contributed by atoms with Gasteiger partial charge in [-0.3, -0.25) is 4.79 Å². The Kier molecular flexibility index (Phi) is 6.63. The van der Waals surface area contributed by atoms with Crippen LogP contribution in [0, 0.1) is 0 Å². The number of aromatic hydroxyl groups is 1. The van der Waals surface area contributed by atoms with Gasteiger partial charge in [-0.25, -0.2) is 5.43 Å². The number of amides is 1. The van der Waals surface area contributed by atoms with Crippen molar-refractivity contribution in [3.05, 3.63) is 58.6 Å². The Morgan fingerprint density at radius 2 is 2.04 bits per heavy atom. The highest BCUT2D eigenvalue weighted by atomic mass is 35.5. The zero-order valence-corrected chi connectivity index (χ0v) is 14.1. The second kappa shape index (κ2) is 8.93. The van der Waals surface area contributed by atoms with Crippen molar-refractivity contribution in [3.8, 4) is 11.5 Å². The first-order chi connectivity index (χ1) is 11.6. The minimum absolute atomic E-state index is 0.167. The molecule has 2 rings (SSSR count). The Hall–Kier alpha value is -2.53. The molecule has 0 spiro atoms. The molecule has 0 saturated carbocycles. The van der Waals surface area contributed by atoms with E-state index in [1.165, 1.54) is 18.3 Å². The average molecular weight is 347 g/mol. The van der Waals surface area contributed by atoms with Crippen LogP contribution in [0.2, 0.25) is 5.02 Å². The van der Waals surface area contributed by atoms with Gasteiger partial charge in [-0.2, -0.15) is 5.10 Å². The van der Waals surface area contributed by atoms with E-state index in [9.17, 15) is 9.90 Å². The summed E-state index contributed by atoms with van der Waals surface area (Å²) in [7, 11) is 0. The van der Waals surface area contributed by atoms with E-state index in [0.29, 0.717) is 17.4 Å². The number of rotatable bonds is 7. The van der Waals surface area contributed by atoms with Crippen molar-refractivity contribution >= 4 is 23.7 Å². The van der Waals surface area contributed by atoms with Gasteiger partial charge in [0.1, 0.15) is 11.5 Å². The van der Waals surface area contributed by atoms with E-state index in [-0.39, 0.29) is 18.1 Å². The molecule has 2 aromatic rings.